The summed E-state index contributed by atoms with van der Waals surface area (Å²) in [4.78, 5) is 19.0. The molecule has 5 heteroatoms. The average molecular weight is 237 g/mol. The van der Waals surface area contributed by atoms with E-state index >= 15 is 0 Å². The van der Waals surface area contributed by atoms with Gasteiger partial charge in [0.05, 0.1) is 6.42 Å². The number of aromatic nitrogens is 2. The van der Waals surface area contributed by atoms with Crippen LogP contribution in [-0.2, 0) is 4.79 Å². The van der Waals surface area contributed by atoms with Crippen LogP contribution in [-0.4, -0.2) is 26.6 Å². The van der Waals surface area contributed by atoms with Crippen LogP contribution >= 0.6 is 0 Å². The Hall–Kier alpha value is -1.65. The van der Waals surface area contributed by atoms with Gasteiger partial charge in [-0.3, -0.25) is 4.79 Å². The number of carboxylic acid groups (broad SMARTS) is 1. The first-order valence-corrected chi connectivity index (χ1v) is 5.62. The van der Waals surface area contributed by atoms with Crippen LogP contribution in [0.5, 0.6) is 0 Å². The monoisotopic (exact) mass is 237 g/mol. The second-order valence-corrected chi connectivity index (χ2v) is 5.07. The largest absolute Gasteiger partial charge is 0.481 e. The highest BCUT2D eigenvalue weighted by molar-refractivity contribution is 5.68. The minimum absolute atomic E-state index is 0.0162. The molecule has 0 aliphatic carbocycles. The van der Waals surface area contributed by atoms with Gasteiger partial charge in [-0.15, -0.1) is 0 Å². The SMILES string of the molecule is CC(C)c1cnc(NC(C)(C)CC(=O)O)nc1. The summed E-state index contributed by atoms with van der Waals surface area (Å²) in [5, 5.41) is 11.8. The quantitative estimate of drug-likeness (QED) is 0.821. The van der Waals surface area contributed by atoms with Crippen molar-refractivity contribution in [2.75, 3.05) is 5.32 Å². The van der Waals surface area contributed by atoms with Crippen molar-refractivity contribution in [1.82, 2.24) is 9.97 Å². The van der Waals surface area contributed by atoms with Gasteiger partial charge in [0.2, 0.25) is 5.95 Å². The Morgan fingerprint density at radius 2 is 1.94 bits per heavy atom. The second kappa shape index (κ2) is 5.12. The lowest BCUT2D eigenvalue weighted by atomic mass is 10.0. The van der Waals surface area contributed by atoms with Gasteiger partial charge in [0.1, 0.15) is 0 Å². The summed E-state index contributed by atoms with van der Waals surface area (Å²) in [6.07, 6.45) is 3.54. The Bertz CT molecular complexity index is 385. The first-order valence-electron chi connectivity index (χ1n) is 5.62. The average Bonchev–Trinajstić information content (AvgIpc) is 2.15. The highest BCUT2D eigenvalue weighted by Crippen LogP contribution is 2.16. The summed E-state index contributed by atoms with van der Waals surface area (Å²) in [5.41, 5.74) is 0.497. The zero-order valence-corrected chi connectivity index (χ0v) is 10.7. The first-order chi connectivity index (χ1) is 7.80. The van der Waals surface area contributed by atoms with E-state index in [9.17, 15) is 4.79 Å². The lowest BCUT2D eigenvalue weighted by Crippen LogP contribution is -2.34. The van der Waals surface area contributed by atoms with Crippen LogP contribution in [0.1, 0.15) is 45.6 Å². The molecule has 0 saturated heterocycles. The molecule has 0 aliphatic rings. The number of hydrogen-bond donors (Lipinski definition) is 2. The number of rotatable bonds is 5. The fraction of sp³-hybridized carbons (Fsp3) is 0.583. The maximum absolute atomic E-state index is 10.7. The number of aliphatic carboxylic acids is 1. The molecule has 1 heterocycles. The van der Waals surface area contributed by atoms with Crippen LogP contribution in [0, 0.1) is 0 Å². The normalized spacial score (nSPS) is 11.6. The van der Waals surface area contributed by atoms with Gasteiger partial charge in [-0.05, 0) is 25.3 Å². The molecule has 0 unspecified atom stereocenters. The first kappa shape index (κ1) is 13.4. The van der Waals surface area contributed by atoms with Gasteiger partial charge in [-0.25, -0.2) is 9.97 Å². The van der Waals surface area contributed by atoms with Crippen molar-refractivity contribution in [2.45, 2.75) is 45.6 Å². The van der Waals surface area contributed by atoms with E-state index in [2.05, 4.69) is 29.1 Å². The third-order valence-corrected chi connectivity index (χ3v) is 2.38. The van der Waals surface area contributed by atoms with E-state index in [-0.39, 0.29) is 6.42 Å². The van der Waals surface area contributed by atoms with Gasteiger partial charge in [-0.2, -0.15) is 0 Å². The summed E-state index contributed by atoms with van der Waals surface area (Å²) in [6.45, 7) is 7.75. The molecule has 1 rings (SSSR count). The molecular weight excluding hydrogens is 218 g/mol. The Kier molecular flexibility index (Phi) is 4.04. The number of hydrogen-bond acceptors (Lipinski definition) is 4. The van der Waals surface area contributed by atoms with Gasteiger partial charge in [0.15, 0.2) is 0 Å². The maximum atomic E-state index is 10.7. The summed E-state index contributed by atoms with van der Waals surface area (Å²) in [5.74, 6) is -0.00182. The van der Waals surface area contributed by atoms with Crippen LogP contribution in [0.2, 0.25) is 0 Å². The molecule has 94 valence electrons. The molecule has 0 saturated carbocycles. The highest BCUT2D eigenvalue weighted by Gasteiger charge is 2.22. The molecule has 1 aromatic rings. The van der Waals surface area contributed by atoms with Crippen molar-refractivity contribution in [2.24, 2.45) is 0 Å². The third-order valence-electron chi connectivity index (χ3n) is 2.38. The molecule has 0 amide bonds. The van der Waals surface area contributed by atoms with Crippen LogP contribution in [0.15, 0.2) is 12.4 Å². The van der Waals surface area contributed by atoms with Crippen molar-refractivity contribution >= 4 is 11.9 Å². The molecule has 0 bridgehead atoms. The second-order valence-electron chi connectivity index (χ2n) is 5.07. The Balaban J connectivity index is 2.71. The van der Waals surface area contributed by atoms with E-state index in [1.807, 2.05) is 0 Å². The van der Waals surface area contributed by atoms with Crippen LogP contribution < -0.4 is 5.32 Å². The zero-order valence-electron chi connectivity index (χ0n) is 10.7. The van der Waals surface area contributed by atoms with Crippen molar-refractivity contribution in [3.8, 4) is 0 Å². The van der Waals surface area contributed by atoms with Crippen LogP contribution in [0.4, 0.5) is 5.95 Å². The van der Waals surface area contributed by atoms with E-state index in [1.165, 1.54) is 0 Å². The van der Waals surface area contributed by atoms with Crippen molar-refractivity contribution in [3.63, 3.8) is 0 Å². The van der Waals surface area contributed by atoms with Crippen LogP contribution in [0.25, 0.3) is 0 Å². The minimum Gasteiger partial charge on any atom is -0.481 e. The fourth-order valence-electron chi connectivity index (χ4n) is 1.43. The van der Waals surface area contributed by atoms with E-state index < -0.39 is 11.5 Å². The molecule has 0 aliphatic heterocycles. The van der Waals surface area contributed by atoms with E-state index in [0.717, 1.165) is 5.56 Å². The number of anilines is 1. The number of carbonyl (C=O) groups is 1. The van der Waals surface area contributed by atoms with Crippen molar-refractivity contribution in [3.05, 3.63) is 18.0 Å². The number of nitrogens with zero attached hydrogens (tertiary/aromatic N) is 2. The highest BCUT2D eigenvalue weighted by atomic mass is 16.4. The topological polar surface area (TPSA) is 75.1 Å². The lowest BCUT2D eigenvalue weighted by molar-refractivity contribution is -0.137. The molecule has 2 N–H and O–H groups in total. The molecule has 0 atom stereocenters. The Morgan fingerprint density at radius 3 is 2.35 bits per heavy atom. The third kappa shape index (κ3) is 4.38. The Labute approximate surface area is 101 Å². The van der Waals surface area contributed by atoms with E-state index in [4.69, 9.17) is 5.11 Å². The molecule has 0 fully saturated rings. The van der Waals surface area contributed by atoms with Crippen LogP contribution in [0.3, 0.4) is 0 Å². The predicted octanol–water partition coefficient (Wildman–Crippen LogP) is 2.27. The smallest absolute Gasteiger partial charge is 0.305 e. The van der Waals surface area contributed by atoms with Gasteiger partial charge >= 0.3 is 5.97 Å². The zero-order chi connectivity index (χ0) is 13.1. The summed E-state index contributed by atoms with van der Waals surface area (Å²) >= 11 is 0. The summed E-state index contributed by atoms with van der Waals surface area (Å²) in [6, 6.07) is 0. The summed E-state index contributed by atoms with van der Waals surface area (Å²) in [7, 11) is 0. The molecule has 0 aromatic carbocycles. The van der Waals surface area contributed by atoms with E-state index in [1.54, 1.807) is 26.2 Å². The molecule has 0 radical (unpaired) electrons. The molecule has 1 aromatic heterocycles. The maximum Gasteiger partial charge on any atom is 0.305 e. The molecular formula is C12H19N3O2. The minimum atomic E-state index is -0.846. The van der Waals surface area contributed by atoms with E-state index in [0.29, 0.717) is 11.9 Å². The van der Waals surface area contributed by atoms with Gasteiger partial charge in [0, 0.05) is 17.9 Å². The fourth-order valence-corrected chi connectivity index (χ4v) is 1.43. The lowest BCUT2D eigenvalue weighted by Gasteiger charge is -2.24. The molecule has 0 spiro atoms. The number of nitrogens with one attached hydrogen (secondary N) is 1. The van der Waals surface area contributed by atoms with Gasteiger partial charge in [0.25, 0.3) is 0 Å². The van der Waals surface area contributed by atoms with Gasteiger partial charge in [-0.1, -0.05) is 13.8 Å². The number of carboxylic acids is 1. The van der Waals surface area contributed by atoms with Crippen molar-refractivity contribution < 1.29 is 9.90 Å². The Morgan fingerprint density at radius 1 is 1.41 bits per heavy atom. The standard InChI is InChI=1S/C12H19N3O2/c1-8(2)9-6-13-11(14-7-9)15-12(3,4)5-10(16)17/h6-8H,5H2,1-4H3,(H,16,17)(H,13,14,15). The van der Waals surface area contributed by atoms with Crippen molar-refractivity contribution in [1.29, 1.82) is 0 Å². The molecule has 5 nitrogen and oxygen atoms in total. The predicted molar refractivity (Wildman–Crippen MR) is 66.1 cm³/mol. The summed E-state index contributed by atoms with van der Waals surface area (Å²) < 4.78 is 0. The van der Waals surface area contributed by atoms with Gasteiger partial charge < -0.3 is 10.4 Å². The molecule has 17 heavy (non-hydrogen) atoms.